The van der Waals surface area contributed by atoms with Crippen molar-refractivity contribution in [2.24, 2.45) is 0 Å². The first-order valence-electron chi connectivity index (χ1n) is 4.81. The largest absolute Gasteiger partial charge is 0.371 e. The van der Waals surface area contributed by atoms with Gasteiger partial charge < -0.3 is 10.1 Å². The molecule has 6 nitrogen and oxygen atoms in total. The molecule has 0 saturated carbocycles. The Morgan fingerprint density at radius 2 is 2.12 bits per heavy atom. The van der Waals surface area contributed by atoms with Gasteiger partial charge in [-0.3, -0.25) is 14.9 Å². The Labute approximate surface area is 91.4 Å². The van der Waals surface area contributed by atoms with Crippen molar-refractivity contribution in [1.29, 1.82) is 0 Å². The number of nitro groups is 1. The van der Waals surface area contributed by atoms with Crippen LogP contribution in [0.5, 0.6) is 0 Å². The van der Waals surface area contributed by atoms with Gasteiger partial charge in [0.05, 0.1) is 17.6 Å². The summed E-state index contributed by atoms with van der Waals surface area (Å²) >= 11 is 0. The van der Waals surface area contributed by atoms with Crippen LogP contribution in [0.25, 0.3) is 0 Å². The number of non-ortho nitro benzene ring substituents is 1. The zero-order valence-corrected chi connectivity index (χ0v) is 8.38. The number of nitrogens with one attached hydrogen (secondary N) is 1. The Balaban J connectivity index is 1.96. The Morgan fingerprint density at radius 1 is 1.50 bits per heavy atom. The van der Waals surface area contributed by atoms with Gasteiger partial charge in [0.2, 0.25) is 0 Å². The second-order valence-corrected chi connectivity index (χ2v) is 3.47. The molecule has 0 radical (unpaired) electrons. The molecule has 1 aliphatic heterocycles. The lowest BCUT2D eigenvalue weighted by Gasteiger charge is -2.02. The number of epoxide rings is 1. The number of ether oxygens (including phenoxy) is 1. The summed E-state index contributed by atoms with van der Waals surface area (Å²) in [6.07, 6.45) is 0.127. The van der Waals surface area contributed by atoms with E-state index >= 15 is 0 Å². The summed E-state index contributed by atoms with van der Waals surface area (Å²) < 4.78 is 4.94. The summed E-state index contributed by atoms with van der Waals surface area (Å²) in [6, 6.07) is 5.48. The van der Waals surface area contributed by atoms with E-state index in [-0.39, 0.29) is 17.7 Å². The summed E-state index contributed by atoms with van der Waals surface area (Å²) in [5.74, 6) is -0.245. The number of rotatable bonds is 4. The molecule has 1 aromatic carbocycles. The average Bonchev–Trinajstić information content (AvgIpc) is 3.10. The fourth-order valence-corrected chi connectivity index (χ4v) is 1.23. The predicted octanol–water partition coefficient (Wildman–Crippen LogP) is 0.723. The number of nitrogens with zero attached hydrogens (tertiary/aromatic N) is 1. The van der Waals surface area contributed by atoms with Gasteiger partial charge in [-0.15, -0.1) is 0 Å². The number of hydrogen-bond acceptors (Lipinski definition) is 4. The molecule has 0 bridgehead atoms. The molecule has 2 rings (SSSR count). The van der Waals surface area contributed by atoms with E-state index in [2.05, 4.69) is 5.32 Å². The summed E-state index contributed by atoms with van der Waals surface area (Å²) in [6.45, 7) is 1.16. The fraction of sp³-hybridized carbons (Fsp3) is 0.300. The molecule has 84 valence electrons. The normalized spacial score (nSPS) is 17.9. The van der Waals surface area contributed by atoms with Crippen molar-refractivity contribution in [2.75, 3.05) is 13.2 Å². The van der Waals surface area contributed by atoms with Crippen molar-refractivity contribution in [1.82, 2.24) is 5.32 Å². The van der Waals surface area contributed by atoms with Crippen LogP contribution in [-0.2, 0) is 4.74 Å². The van der Waals surface area contributed by atoms with Crippen LogP contribution in [0.4, 0.5) is 5.69 Å². The van der Waals surface area contributed by atoms with Crippen LogP contribution in [0.3, 0.4) is 0 Å². The minimum absolute atomic E-state index is 0.0259. The molecule has 0 aromatic heterocycles. The Bertz CT molecular complexity index is 411. The highest BCUT2D eigenvalue weighted by Gasteiger charge is 2.22. The molecule has 0 spiro atoms. The Kier molecular flexibility index (Phi) is 2.82. The smallest absolute Gasteiger partial charge is 0.269 e. The molecule has 6 heteroatoms. The van der Waals surface area contributed by atoms with E-state index in [0.717, 1.165) is 0 Å². The molecule has 1 heterocycles. The highest BCUT2D eigenvalue weighted by Crippen LogP contribution is 2.12. The lowest BCUT2D eigenvalue weighted by Crippen LogP contribution is -2.27. The molecule has 1 aromatic rings. The zero-order valence-electron chi connectivity index (χ0n) is 8.38. The maximum Gasteiger partial charge on any atom is 0.269 e. The monoisotopic (exact) mass is 222 g/mol. The van der Waals surface area contributed by atoms with Crippen molar-refractivity contribution >= 4 is 11.6 Å². The summed E-state index contributed by atoms with van der Waals surface area (Å²) in [5, 5.41) is 13.1. The van der Waals surface area contributed by atoms with E-state index in [9.17, 15) is 14.9 Å². The van der Waals surface area contributed by atoms with Crippen molar-refractivity contribution in [2.45, 2.75) is 6.10 Å². The maximum absolute atomic E-state index is 11.5. The van der Waals surface area contributed by atoms with Gasteiger partial charge in [-0.1, -0.05) is 0 Å². The van der Waals surface area contributed by atoms with E-state index in [1.165, 1.54) is 24.3 Å². The standard InChI is InChI=1S/C10H10N2O4/c13-10(11-5-9-6-16-9)7-1-3-8(4-2-7)12(14)15/h1-4,9H,5-6H2,(H,11,13)/t9-/m0/s1. The first-order chi connectivity index (χ1) is 7.66. The van der Waals surface area contributed by atoms with Gasteiger partial charge in [-0.25, -0.2) is 0 Å². The van der Waals surface area contributed by atoms with Crippen LogP contribution in [-0.4, -0.2) is 30.1 Å². The second-order valence-electron chi connectivity index (χ2n) is 3.47. The summed E-state index contributed by atoms with van der Waals surface area (Å²) in [4.78, 5) is 21.4. The number of hydrogen-bond donors (Lipinski definition) is 1. The molecule has 0 unspecified atom stereocenters. The highest BCUT2D eigenvalue weighted by molar-refractivity contribution is 5.94. The first-order valence-corrected chi connectivity index (χ1v) is 4.81. The SMILES string of the molecule is O=C(NC[C@H]1CO1)c1ccc([N+](=O)[O-])cc1. The molecule has 1 N–H and O–H groups in total. The highest BCUT2D eigenvalue weighted by atomic mass is 16.6. The van der Waals surface area contributed by atoms with E-state index < -0.39 is 4.92 Å². The van der Waals surface area contributed by atoms with Crippen LogP contribution in [0.15, 0.2) is 24.3 Å². The van der Waals surface area contributed by atoms with Crippen molar-refractivity contribution in [3.8, 4) is 0 Å². The molecule has 16 heavy (non-hydrogen) atoms. The number of amides is 1. The average molecular weight is 222 g/mol. The van der Waals surface area contributed by atoms with Crippen LogP contribution in [0.1, 0.15) is 10.4 Å². The van der Waals surface area contributed by atoms with Crippen LogP contribution >= 0.6 is 0 Å². The Hall–Kier alpha value is -1.95. The number of carbonyl (C=O) groups is 1. The topological polar surface area (TPSA) is 84.8 Å². The number of benzene rings is 1. The molecular weight excluding hydrogens is 212 g/mol. The second kappa shape index (κ2) is 4.28. The number of carbonyl (C=O) groups excluding carboxylic acids is 1. The maximum atomic E-state index is 11.5. The minimum Gasteiger partial charge on any atom is -0.371 e. The number of nitro benzene ring substituents is 1. The molecule has 0 aliphatic carbocycles. The summed E-state index contributed by atoms with van der Waals surface area (Å²) in [5.41, 5.74) is 0.383. The quantitative estimate of drug-likeness (QED) is 0.462. The van der Waals surface area contributed by atoms with Gasteiger partial charge in [0.15, 0.2) is 0 Å². The molecule has 1 amide bonds. The van der Waals surface area contributed by atoms with Gasteiger partial charge in [-0.05, 0) is 12.1 Å². The molecule has 1 atom stereocenters. The van der Waals surface area contributed by atoms with Crippen LogP contribution in [0.2, 0.25) is 0 Å². The van der Waals surface area contributed by atoms with Gasteiger partial charge >= 0.3 is 0 Å². The lowest BCUT2D eigenvalue weighted by atomic mass is 10.2. The van der Waals surface area contributed by atoms with Crippen molar-refractivity contribution in [3.05, 3.63) is 39.9 Å². The minimum atomic E-state index is -0.500. The molecular formula is C10H10N2O4. The zero-order chi connectivity index (χ0) is 11.5. The van der Waals surface area contributed by atoms with Gasteiger partial charge in [-0.2, -0.15) is 0 Å². The van der Waals surface area contributed by atoms with E-state index in [0.29, 0.717) is 18.7 Å². The first kappa shape index (κ1) is 10.6. The van der Waals surface area contributed by atoms with Gasteiger partial charge in [0.1, 0.15) is 0 Å². The van der Waals surface area contributed by atoms with Crippen molar-refractivity contribution < 1.29 is 14.5 Å². The lowest BCUT2D eigenvalue weighted by molar-refractivity contribution is -0.384. The fourth-order valence-electron chi connectivity index (χ4n) is 1.23. The van der Waals surface area contributed by atoms with Crippen molar-refractivity contribution in [3.63, 3.8) is 0 Å². The molecule has 1 saturated heterocycles. The third kappa shape index (κ3) is 2.54. The van der Waals surface area contributed by atoms with E-state index in [1.807, 2.05) is 0 Å². The Morgan fingerprint density at radius 3 is 2.62 bits per heavy atom. The van der Waals surface area contributed by atoms with E-state index in [4.69, 9.17) is 4.74 Å². The summed E-state index contributed by atoms with van der Waals surface area (Å²) in [7, 11) is 0. The molecule has 1 aliphatic rings. The molecule has 1 fully saturated rings. The van der Waals surface area contributed by atoms with Gasteiger partial charge in [0.25, 0.3) is 11.6 Å². The van der Waals surface area contributed by atoms with Crippen LogP contribution < -0.4 is 5.32 Å². The predicted molar refractivity (Wildman–Crippen MR) is 55.2 cm³/mol. The third-order valence-electron chi connectivity index (χ3n) is 2.23. The van der Waals surface area contributed by atoms with Crippen LogP contribution in [0, 0.1) is 10.1 Å². The van der Waals surface area contributed by atoms with Gasteiger partial charge in [0, 0.05) is 24.2 Å². The third-order valence-corrected chi connectivity index (χ3v) is 2.23. The van der Waals surface area contributed by atoms with E-state index in [1.54, 1.807) is 0 Å².